The Hall–Kier alpha value is -2.08. The summed E-state index contributed by atoms with van der Waals surface area (Å²) in [5.74, 6) is -1.65. The number of nitrogens with zero attached hydrogens (tertiary/aromatic N) is 1. The van der Waals surface area contributed by atoms with Gasteiger partial charge in [-0.1, -0.05) is 38.0 Å². The molecule has 0 amide bonds. The van der Waals surface area contributed by atoms with Gasteiger partial charge in [-0.05, 0) is 69.8 Å². The third-order valence-corrected chi connectivity index (χ3v) is 4.72. The van der Waals surface area contributed by atoms with Crippen LogP contribution in [0.5, 0.6) is 5.75 Å². The Morgan fingerprint density at radius 1 is 1.04 bits per heavy atom. The maximum absolute atomic E-state index is 9.10. The number of carboxylic acid groups (broad SMARTS) is 2. The van der Waals surface area contributed by atoms with Gasteiger partial charge in [0.15, 0.2) is 0 Å². The maximum atomic E-state index is 9.10. The molecule has 0 spiro atoms. The first-order valence-corrected chi connectivity index (χ1v) is 9.89. The quantitative estimate of drug-likeness (QED) is 0.500. The third-order valence-electron chi connectivity index (χ3n) is 4.72. The van der Waals surface area contributed by atoms with Crippen molar-refractivity contribution < 1.29 is 24.5 Å². The maximum Gasteiger partial charge on any atom is 0.414 e. The summed E-state index contributed by atoms with van der Waals surface area (Å²) in [5, 5.41) is 14.8. The van der Waals surface area contributed by atoms with E-state index in [0.717, 1.165) is 18.3 Å². The lowest BCUT2D eigenvalue weighted by molar-refractivity contribution is -0.159. The monoisotopic (exact) mass is 379 g/mol. The van der Waals surface area contributed by atoms with Crippen molar-refractivity contribution in [1.29, 1.82) is 0 Å². The molecule has 6 nitrogen and oxygen atoms in total. The Balaban J connectivity index is 0.000000527. The van der Waals surface area contributed by atoms with Gasteiger partial charge in [-0.15, -0.1) is 0 Å². The minimum atomic E-state index is -1.82. The molecule has 1 fully saturated rings. The van der Waals surface area contributed by atoms with Crippen molar-refractivity contribution in [3.8, 4) is 5.75 Å². The lowest BCUT2D eigenvalue weighted by Gasteiger charge is -2.31. The van der Waals surface area contributed by atoms with Crippen molar-refractivity contribution in [2.45, 2.75) is 51.9 Å². The highest BCUT2D eigenvalue weighted by molar-refractivity contribution is 6.27. The van der Waals surface area contributed by atoms with Crippen LogP contribution in [0.3, 0.4) is 0 Å². The number of ether oxygens (including phenoxy) is 1. The fourth-order valence-electron chi connectivity index (χ4n) is 3.23. The molecule has 1 aromatic rings. The topological polar surface area (TPSA) is 87.1 Å². The van der Waals surface area contributed by atoms with Crippen LogP contribution in [0.2, 0.25) is 0 Å². The van der Waals surface area contributed by atoms with Crippen LogP contribution in [0.4, 0.5) is 0 Å². The van der Waals surface area contributed by atoms with Crippen LogP contribution in [0.1, 0.15) is 51.9 Å². The molecule has 0 saturated carbocycles. The molecule has 0 unspecified atom stereocenters. The predicted octanol–water partition coefficient (Wildman–Crippen LogP) is 3.90. The van der Waals surface area contributed by atoms with E-state index in [1.165, 1.54) is 64.6 Å². The number of hydrogen-bond donors (Lipinski definition) is 2. The fourth-order valence-corrected chi connectivity index (χ4v) is 3.23. The van der Waals surface area contributed by atoms with Crippen molar-refractivity contribution in [2.75, 3.05) is 26.2 Å². The van der Waals surface area contributed by atoms with E-state index in [2.05, 4.69) is 11.8 Å². The molecule has 6 heteroatoms. The third kappa shape index (κ3) is 11.3. The van der Waals surface area contributed by atoms with E-state index in [9.17, 15) is 0 Å². The molecular weight excluding hydrogens is 346 g/mol. The number of benzene rings is 1. The van der Waals surface area contributed by atoms with Crippen molar-refractivity contribution in [3.63, 3.8) is 0 Å². The second-order valence-corrected chi connectivity index (χ2v) is 6.91. The molecule has 1 heterocycles. The highest BCUT2D eigenvalue weighted by Crippen LogP contribution is 2.21. The lowest BCUT2D eigenvalue weighted by Crippen LogP contribution is -2.34. The summed E-state index contributed by atoms with van der Waals surface area (Å²) in [6, 6.07) is 10.1. The molecular formula is C21H33NO5. The van der Waals surface area contributed by atoms with Crippen LogP contribution in [0.25, 0.3) is 0 Å². The van der Waals surface area contributed by atoms with Gasteiger partial charge < -0.3 is 19.8 Å². The summed E-state index contributed by atoms with van der Waals surface area (Å²) in [6.45, 7) is 7.09. The lowest BCUT2D eigenvalue weighted by atomic mass is 9.92. The van der Waals surface area contributed by atoms with Crippen molar-refractivity contribution >= 4 is 11.9 Å². The molecule has 1 aromatic carbocycles. The molecule has 0 aromatic heterocycles. The number of aliphatic carboxylic acids is 2. The van der Waals surface area contributed by atoms with Gasteiger partial charge in [-0.2, -0.15) is 0 Å². The number of rotatable bonds is 9. The molecule has 0 aliphatic carbocycles. The van der Waals surface area contributed by atoms with Crippen LogP contribution >= 0.6 is 0 Å². The van der Waals surface area contributed by atoms with Gasteiger partial charge in [0.2, 0.25) is 0 Å². The summed E-state index contributed by atoms with van der Waals surface area (Å²) in [4.78, 5) is 20.9. The molecule has 0 radical (unpaired) electrons. The zero-order valence-electron chi connectivity index (χ0n) is 16.3. The second kappa shape index (κ2) is 14.0. The Labute approximate surface area is 162 Å². The smallest absolute Gasteiger partial charge is 0.414 e. The molecule has 27 heavy (non-hydrogen) atoms. The Bertz CT molecular complexity index is 515. The van der Waals surface area contributed by atoms with Crippen LogP contribution in [0.15, 0.2) is 30.3 Å². The zero-order valence-corrected chi connectivity index (χ0v) is 16.3. The molecule has 1 aliphatic heterocycles. The molecule has 152 valence electrons. The number of carbonyl (C=O) groups is 2. The minimum Gasteiger partial charge on any atom is -0.494 e. The first-order valence-electron chi connectivity index (χ1n) is 9.89. The SMILES string of the molecule is CCCC1CCN(CCCCCOc2ccccc2)CC1.O=C(O)C(=O)O. The van der Waals surface area contributed by atoms with Crippen molar-refractivity contribution in [3.05, 3.63) is 30.3 Å². The standard InChI is InChI=1S/C19H31NO.C2H2O4/c1-2-9-18-12-15-20(16-13-18)14-7-4-8-17-21-19-10-5-3-6-11-19;3-1(4)2(5)6/h3,5-6,10-11,18H,2,4,7-9,12-17H2,1H3;(H,3,4)(H,5,6). The summed E-state index contributed by atoms with van der Waals surface area (Å²) in [7, 11) is 0. The van der Waals surface area contributed by atoms with E-state index < -0.39 is 11.9 Å². The average Bonchev–Trinajstić information content (AvgIpc) is 2.67. The van der Waals surface area contributed by atoms with Crippen LogP contribution in [-0.4, -0.2) is 53.3 Å². The average molecular weight is 379 g/mol. The van der Waals surface area contributed by atoms with E-state index in [-0.39, 0.29) is 0 Å². The van der Waals surface area contributed by atoms with Gasteiger partial charge in [-0.25, -0.2) is 9.59 Å². The zero-order chi connectivity index (χ0) is 19.9. The van der Waals surface area contributed by atoms with Crippen molar-refractivity contribution in [2.24, 2.45) is 5.92 Å². The largest absolute Gasteiger partial charge is 0.494 e. The number of piperidine rings is 1. The first-order chi connectivity index (χ1) is 13.0. The van der Waals surface area contributed by atoms with Crippen LogP contribution in [0, 0.1) is 5.92 Å². The Morgan fingerprint density at radius 2 is 1.67 bits per heavy atom. The van der Waals surface area contributed by atoms with E-state index in [1.807, 2.05) is 30.3 Å². The number of hydrogen-bond acceptors (Lipinski definition) is 4. The van der Waals surface area contributed by atoms with Crippen molar-refractivity contribution in [1.82, 2.24) is 4.90 Å². The summed E-state index contributed by atoms with van der Waals surface area (Å²) < 4.78 is 5.73. The molecule has 0 atom stereocenters. The molecule has 2 N–H and O–H groups in total. The highest BCUT2D eigenvalue weighted by Gasteiger charge is 2.17. The summed E-state index contributed by atoms with van der Waals surface area (Å²) in [6.07, 6.45) is 9.40. The van der Waals surface area contributed by atoms with Gasteiger partial charge in [0, 0.05) is 0 Å². The normalized spacial score (nSPS) is 14.9. The Morgan fingerprint density at radius 3 is 2.22 bits per heavy atom. The van der Waals surface area contributed by atoms with E-state index in [0.29, 0.717) is 0 Å². The predicted molar refractivity (Wildman–Crippen MR) is 105 cm³/mol. The van der Waals surface area contributed by atoms with E-state index in [4.69, 9.17) is 24.5 Å². The minimum absolute atomic E-state index is 0.850. The molecule has 2 rings (SSSR count). The number of likely N-dealkylation sites (tertiary alicyclic amines) is 1. The molecule has 0 bridgehead atoms. The van der Waals surface area contributed by atoms with Crippen LogP contribution in [-0.2, 0) is 9.59 Å². The summed E-state index contributed by atoms with van der Waals surface area (Å²) in [5.41, 5.74) is 0. The van der Waals surface area contributed by atoms with Gasteiger partial charge in [0.05, 0.1) is 6.61 Å². The van der Waals surface area contributed by atoms with Crippen LogP contribution < -0.4 is 4.74 Å². The Kier molecular flexibility index (Phi) is 11.9. The fraction of sp³-hybridized carbons (Fsp3) is 0.619. The van der Waals surface area contributed by atoms with Gasteiger partial charge >= 0.3 is 11.9 Å². The van der Waals surface area contributed by atoms with Gasteiger partial charge in [-0.3, -0.25) is 0 Å². The number of unbranched alkanes of at least 4 members (excludes halogenated alkanes) is 2. The van der Waals surface area contributed by atoms with Gasteiger partial charge in [0.1, 0.15) is 5.75 Å². The van der Waals surface area contributed by atoms with E-state index >= 15 is 0 Å². The van der Waals surface area contributed by atoms with E-state index in [1.54, 1.807) is 0 Å². The number of para-hydroxylation sites is 1. The first kappa shape index (κ1) is 23.0. The summed E-state index contributed by atoms with van der Waals surface area (Å²) >= 11 is 0. The van der Waals surface area contributed by atoms with Gasteiger partial charge in [0.25, 0.3) is 0 Å². The molecule has 1 saturated heterocycles. The highest BCUT2D eigenvalue weighted by atomic mass is 16.5. The number of carboxylic acids is 2. The second-order valence-electron chi connectivity index (χ2n) is 6.91. The molecule has 1 aliphatic rings.